The SMILES string of the molecule is C=Cc1ccccc1CCc1ccc(C(=O)OC)cc1. The van der Waals surface area contributed by atoms with E-state index in [1.165, 1.54) is 23.8 Å². The summed E-state index contributed by atoms with van der Waals surface area (Å²) in [6, 6.07) is 15.8. The Balaban J connectivity index is 2.04. The first-order chi connectivity index (χ1) is 9.74. The van der Waals surface area contributed by atoms with Crippen molar-refractivity contribution in [2.75, 3.05) is 7.11 Å². The Hall–Kier alpha value is -2.35. The standard InChI is InChI=1S/C18H18O2/c1-3-15-6-4-5-7-16(15)11-8-14-9-12-17(13-10-14)18(19)20-2/h3-7,9-10,12-13H,1,8,11H2,2H3. The van der Waals surface area contributed by atoms with Crippen molar-refractivity contribution in [2.45, 2.75) is 12.8 Å². The Labute approximate surface area is 119 Å². The van der Waals surface area contributed by atoms with Crippen LogP contribution in [0.25, 0.3) is 6.08 Å². The third kappa shape index (κ3) is 3.35. The Morgan fingerprint density at radius 2 is 1.80 bits per heavy atom. The maximum absolute atomic E-state index is 11.4. The molecule has 0 spiro atoms. The van der Waals surface area contributed by atoms with Gasteiger partial charge in [-0.15, -0.1) is 0 Å². The van der Waals surface area contributed by atoms with Gasteiger partial charge in [-0.25, -0.2) is 4.79 Å². The number of benzene rings is 2. The van der Waals surface area contributed by atoms with Crippen LogP contribution in [0, 0.1) is 0 Å². The Kier molecular flexibility index (Phi) is 4.72. The topological polar surface area (TPSA) is 26.3 Å². The number of rotatable bonds is 5. The third-order valence-corrected chi connectivity index (χ3v) is 3.33. The molecule has 2 nitrogen and oxygen atoms in total. The van der Waals surface area contributed by atoms with Crippen molar-refractivity contribution in [1.82, 2.24) is 0 Å². The van der Waals surface area contributed by atoms with Crippen LogP contribution in [-0.4, -0.2) is 13.1 Å². The van der Waals surface area contributed by atoms with Crippen LogP contribution in [0.3, 0.4) is 0 Å². The molecule has 0 aliphatic carbocycles. The van der Waals surface area contributed by atoms with E-state index in [-0.39, 0.29) is 5.97 Å². The van der Waals surface area contributed by atoms with Gasteiger partial charge in [-0.3, -0.25) is 0 Å². The highest BCUT2D eigenvalue weighted by Crippen LogP contribution is 2.14. The van der Waals surface area contributed by atoms with E-state index in [1.807, 2.05) is 30.3 Å². The Morgan fingerprint density at radius 1 is 1.10 bits per heavy atom. The lowest BCUT2D eigenvalue weighted by atomic mass is 9.99. The molecule has 0 unspecified atom stereocenters. The third-order valence-electron chi connectivity index (χ3n) is 3.33. The molecule has 0 amide bonds. The number of carbonyl (C=O) groups is 1. The Morgan fingerprint density at radius 3 is 2.45 bits per heavy atom. The molecule has 2 aromatic carbocycles. The maximum atomic E-state index is 11.4. The highest BCUT2D eigenvalue weighted by molar-refractivity contribution is 5.89. The fourth-order valence-corrected chi connectivity index (χ4v) is 2.17. The summed E-state index contributed by atoms with van der Waals surface area (Å²) in [6.07, 6.45) is 3.78. The first-order valence-electron chi connectivity index (χ1n) is 6.62. The number of hydrogen-bond acceptors (Lipinski definition) is 2. The summed E-state index contributed by atoms with van der Waals surface area (Å²) in [6.45, 7) is 3.84. The van der Waals surface area contributed by atoms with Gasteiger partial charge in [0.2, 0.25) is 0 Å². The monoisotopic (exact) mass is 266 g/mol. The molecule has 102 valence electrons. The highest BCUT2D eigenvalue weighted by atomic mass is 16.5. The van der Waals surface area contributed by atoms with E-state index in [4.69, 9.17) is 0 Å². The smallest absolute Gasteiger partial charge is 0.337 e. The van der Waals surface area contributed by atoms with Gasteiger partial charge in [-0.1, -0.05) is 49.1 Å². The minimum atomic E-state index is -0.298. The second-order valence-electron chi connectivity index (χ2n) is 4.59. The van der Waals surface area contributed by atoms with Gasteiger partial charge in [0.25, 0.3) is 0 Å². The Bertz CT molecular complexity index is 597. The predicted octanol–water partition coefficient (Wildman–Crippen LogP) is 3.90. The lowest BCUT2D eigenvalue weighted by Gasteiger charge is -2.06. The van der Waals surface area contributed by atoms with E-state index < -0.39 is 0 Å². The van der Waals surface area contributed by atoms with Crippen LogP contribution in [0.5, 0.6) is 0 Å². The van der Waals surface area contributed by atoms with Crippen LogP contribution in [0.1, 0.15) is 27.0 Å². The first kappa shape index (κ1) is 14.1. The normalized spacial score (nSPS) is 10.1. The number of aryl methyl sites for hydroxylation is 2. The zero-order valence-corrected chi connectivity index (χ0v) is 11.6. The van der Waals surface area contributed by atoms with Crippen LogP contribution in [-0.2, 0) is 17.6 Å². The van der Waals surface area contributed by atoms with Gasteiger partial charge in [0.1, 0.15) is 0 Å². The first-order valence-corrected chi connectivity index (χ1v) is 6.62. The molecule has 0 N–H and O–H groups in total. The molecule has 0 atom stereocenters. The predicted molar refractivity (Wildman–Crippen MR) is 81.7 cm³/mol. The van der Waals surface area contributed by atoms with Crippen molar-refractivity contribution in [2.24, 2.45) is 0 Å². The van der Waals surface area contributed by atoms with Gasteiger partial charge in [0, 0.05) is 0 Å². The number of hydrogen-bond donors (Lipinski definition) is 0. The highest BCUT2D eigenvalue weighted by Gasteiger charge is 2.05. The molecule has 0 aliphatic rings. The van der Waals surface area contributed by atoms with Gasteiger partial charge >= 0.3 is 5.97 Å². The van der Waals surface area contributed by atoms with Gasteiger partial charge in [0.15, 0.2) is 0 Å². The molecule has 0 saturated heterocycles. The van der Waals surface area contributed by atoms with Crippen molar-refractivity contribution < 1.29 is 9.53 Å². The second kappa shape index (κ2) is 6.71. The van der Waals surface area contributed by atoms with Crippen molar-refractivity contribution in [3.63, 3.8) is 0 Å². The quantitative estimate of drug-likeness (QED) is 0.767. The molecule has 2 rings (SSSR count). The molecular weight excluding hydrogens is 248 g/mol. The van der Waals surface area contributed by atoms with Crippen molar-refractivity contribution in [3.05, 3.63) is 77.4 Å². The van der Waals surface area contributed by atoms with Gasteiger partial charge < -0.3 is 4.74 Å². The van der Waals surface area contributed by atoms with Crippen LogP contribution >= 0.6 is 0 Å². The summed E-state index contributed by atoms with van der Waals surface area (Å²) in [5.41, 5.74) is 4.26. The number of ether oxygens (including phenoxy) is 1. The number of esters is 1. The average molecular weight is 266 g/mol. The fraction of sp³-hybridized carbons (Fsp3) is 0.167. The largest absolute Gasteiger partial charge is 0.465 e. The zero-order chi connectivity index (χ0) is 14.4. The average Bonchev–Trinajstić information content (AvgIpc) is 2.53. The molecule has 0 fully saturated rings. The molecule has 20 heavy (non-hydrogen) atoms. The summed E-state index contributed by atoms with van der Waals surface area (Å²) >= 11 is 0. The van der Waals surface area contributed by atoms with Crippen molar-refractivity contribution >= 4 is 12.0 Å². The molecule has 0 heterocycles. The van der Waals surface area contributed by atoms with E-state index in [9.17, 15) is 4.79 Å². The van der Waals surface area contributed by atoms with E-state index in [0.717, 1.165) is 12.8 Å². The number of methoxy groups -OCH3 is 1. The van der Waals surface area contributed by atoms with Gasteiger partial charge in [-0.05, 0) is 41.7 Å². The van der Waals surface area contributed by atoms with Crippen LogP contribution in [0.2, 0.25) is 0 Å². The molecular formula is C18H18O2. The van der Waals surface area contributed by atoms with Crippen LogP contribution in [0.4, 0.5) is 0 Å². The molecule has 0 radical (unpaired) electrons. The minimum absolute atomic E-state index is 0.298. The summed E-state index contributed by atoms with van der Waals surface area (Å²) in [4.78, 5) is 11.4. The van der Waals surface area contributed by atoms with E-state index >= 15 is 0 Å². The lowest BCUT2D eigenvalue weighted by Crippen LogP contribution is -2.01. The van der Waals surface area contributed by atoms with Crippen molar-refractivity contribution in [3.8, 4) is 0 Å². The van der Waals surface area contributed by atoms with Crippen LogP contribution in [0.15, 0.2) is 55.1 Å². The van der Waals surface area contributed by atoms with Crippen LogP contribution < -0.4 is 0 Å². The summed E-state index contributed by atoms with van der Waals surface area (Å²) in [7, 11) is 1.39. The molecule has 0 bridgehead atoms. The lowest BCUT2D eigenvalue weighted by molar-refractivity contribution is 0.0600. The van der Waals surface area contributed by atoms with E-state index in [0.29, 0.717) is 5.56 Å². The van der Waals surface area contributed by atoms with Gasteiger partial charge in [0.05, 0.1) is 12.7 Å². The molecule has 2 heteroatoms. The molecule has 0 aromatic heterocycles. The summed E-state index contributed by atoms with van der Waals surface area (Å²) in [5, 5.41) is 0. The van der Waals surface area contributed by atoms with Gasteiger partial charge in [-0.2, -0.15) is 0 Å². The summed E-state index contributed by atoms with van der Waals surface area (Å²) < 4.78 is 4.69. The molecule has 0 aliphatic heterocycles. The minimum Gasteiger partial charge on any atom is -0.465 e. The molecule has 0 saturated carbocycles. The van der Waals surface area contributed by atoms with E-state index in [1.54, 1.807) is 12.1 Å². The zero-order valence-electron chi connectivity index (χ0n) is 11.6. The second-order valence-corrected chi connectivity index (χ2v) is 4.59. The number of carbonyl (C=O) groups excluding carboxylic acids is 1. The maximum Gasteiger partial charge on any atom is 0.337 e. The van der Waals surface area contributed by atoms with E-state index in [2.05, 4.69) is 23.4 Å². The molecule has 2 aromatic rings. The summed E-state index contributed by atoms with van der Waals surface area (Å²) in [5.74, 6) is -0.298. The van der Waals surface area contributed by atoms with Crippen molar-refractivity contribution in [1.29, 1.82) is 0 Å². The fourth-order valence-electron chi connectivity index (χ4n) is 2.17.